The van der Waals surface area contributed by atoms with Crippen molar-refractivity contribution in [3.05, 3.63) is 93.9 Å². The Morgan fingerprint density at radius 2 is 1.76 bits per heavy atom. The van der Waals surface area contributed by atoms with Crippen LogP contribution >= 0.6 is 0 Å². The third kappa shape index (κ3) is 4.33. The van der Waals surface area contributed by atoms with Gasteiger partial charge in [0.05, 0.1) is 12.1 Å². The number of hydrogen-bond acceptors (Lipinski definition) is 4. The molecule has 0 fully saturated rings. The molecule has 0 radical (unpaired) electrons. The molecular formula is C27H27N3O3. The number of hydrazone groups is 1. The molecule has 6 nitrogen and oxygen atoms in total. The fourth-order valence-electron chi connectivity index (χ4n) is 4.75. The largest absolute Gasteiger partial charge is 0.455 e. The van der Waals surface area contributed by atoms with Gasteiger partial charge < -0.3 is 9.32 Å². The Kier molecular flexibility index (Phi) is 5.82. The molecule has 2 heterocycles. The van der Waals surface area contributed by atoms with Crippen LogP contribution in [0, 0.1) is 6.92 Å². The summed E-state index contributed by atoms with van der Waals surface area (Å²) < 4.78 is 6.09. The van der Waals surface area contributed by atoms with E-state index < -0.39 is 0 Å². The van der Waals surface area contributed by atoms with Gasteiger partial charge in [0, 0.05) is 30.6 Å². The standard InChI is InChI=1S/C27H27N3O3/c1-18-25-22(28-29-24(31)16-19-8-3-2-4-9-19)12-7-13-23(25)33-26(18)27(32)30-15-14-20-10-5-6-11-21(20)17-30/h2-6,8-11H,7,12-17H2,1H3,(H,29,31)/b28-22+. The van der Waals surface area contributed by atoms with E-state index in [1.165, 1.54) is 11.1 Å². The third-order valence-corrected chi connectivity index (χ3v) is 6.46. The van der Waals surface area contributed by atoms with Gasteiger partial charge in [0.1, 0.15) is 5.76 Å². The zero-order valence-electron chi connectivity index (χ0n) is 18.8. The van der Waals surface area contributed by atoms with Gasteiger partial charge in [-0.05, 0) is 42.9 Å². The van der Waals surface area contributed by atoms with Gasteiger partial charge in [-0.15, -0.1) is 0 Å². The number of carbonyl (C=O) groups is 2. The van der Waals surface area contributed by atoms with Crippen LogP contribution in [-0.4, -0.2) is 29.0 Å². The van der Waals surface area contributed by atoms with Gasteiger partial charge in [-0.25, -0.2) is 5.43 Å². The maximum absolute atomic E-state index is 13.3. The predicted molar refractivity (Wildman–Crippen MR) is 126 cm³/mol. The van der Waals surface area contributed by atoms with E-state index in [1.54, 1.807) is 0 Å². The molecule has 3 aromatic rings. The van der Waals surface area contributed by atoms with E-state index in [0.29, 0.717) is 18.8 Å². The van der Waals surface area contributed by atoms with E-state index in [1.807, 2.05) is 54.3 Å². The minimum atomic E-state index is -0.162. The van der Waals surface area contributed by atoms with Crippen molar-refractivity contribution in [2.24, 2.45) is 5.10 Å². The molecule has 0 saturated carbocycles. The van der Waals surface area contributed by atoms with E-state index in [9.17, 15) is 9.59 Å². The fraction of sp³-hybridized carbons (Fsp3) is 0.296. The zero-order chi connectivity index (χ0) is 22.8. The molecule has 33 heavy (non-hydrogen) atoms. The van der Waals surface area contributed by atoms with Crippen LogP contribution in [0.15, 0.2) is 64.1 Å². The lowest BCUT2D eigenvalue weighted by Gasteiger charge is -2.28. The molecule has 168 valence electrons. The Morgan fingerprint density at radius 3 is 2.58 bits per heavy atom. The monoisotopic (exact) mass is 441 g/mol. The minimum Gasteiger partial charge on any atom is -0.455 e. The number of fused-ring (bicyclic) bond motifs is 2. The van der Waals surface area contributed by atoms with Crippen LogP contribution in [0.5, 0.6) is 0 Å². The van der Waals surface area contributed by atoms with Gasteiger partial charge in [0.25, 0.3) is 5.91 Å². The highest BCUT2D eigenvalue weighted by atomic mass is 16.4. The summed E-state index contributed by atoms with van der Waals surface area (Å²) in [5.74, 6) is 0.939. The van der Waals surface area contributed by atoms with Crippen molar-refractivity contribution in [1.29, 1.82) is 0 Å². The van der Waals surface area contributed by atoms with Crippen LogP contribution in [0.25, 0.3) is 0 Å². The van der Waals surface area contributed by atoms with Crippen LogP contribution < -0.4 is 5.43 Å². The van der Waals surface area contributed by atoms with E-state index in [2.05, 4.69) is 22.7 Å². The summed E-state index contributed by atoms with van der Waals surface area (Å²) in [6, 6.07) is 17.9. The number of aryl methyl sites for hydroxylation is 1. The molecular weight excluding hydrogens is 414 g/mol. The van der Waals surface area contributed by atoms with Crippen molar-refractivity contribution >= 4 is 17.5 Å². The topological polar surface area (TPSA) is 74.9 Å². The molecule has 1 N–H and O–H groups in total. The highest BCUT2D eigenvalue weighted by Gasteiger charge is 2.31. The Hall–Kier alpha value is -3.67. The maximum Gasteiger partial charge on any atom is 0.290 e. The second-order valence-electron chi connectivity index (χ2n) is 8.71. The molecule has 1 aromatic heterocycles. The summed E-state index contributed by atoms with van der Waals surface area (Å²) in [5, 5.41) is 4.43. The lowest BCUT2D eigenvalue weighted by atomic mass is 9.93. The third-order valence-electron chi connectivity index (χ3n) is 6.46. The average molecular weight is 442 g/mol. The predicted octanol–water partition coefficient (Wildman–Crippen LogP) is 4.19. The number of benzene rings is 2. The van der Waals surface area contributed by atoms with Crippen LogP contribution in [0.2, 0.25) is 0 Å². The Morgan fingerprint density at radius 1 is 1.00 bits per heavy atom. The molecule has 2 aliphatic rings. The molecule has 0 unspecified atom stereocenters. The molecule has 5 rings (SSSR count). The van der Waals surface area contributed by atoms with E-state index in [4.69, 9.17) is 4.42 Å². The smallest absolute Gasteiger partial charge is 0.290 e. The quantitative estimate of drug-likeness (QED) is 0.617. The van der Waals surface area contributed by atoms with Gasteiger partial charge in [-0.3, -0.25) is 9.59 Å². The van der Waals surface area contributed by atoms with Crippen LogP contribution in [0.3, 0.4) is 0 Å². The maximum atomic E-state index is 13.3. The Bertz CT molecular complexity index is 1230. The summed E-state index contributed by atoms with van der Waals surface area (Å²) in [4.78, 5) is 27.6. The molecule has 0 atom stereocenters. The molecule has 6 heteroatoms. The molecule has 1 aliphatic heterocycles. The average Bonchev–Trinajstić information content (AvgIpc) is 3.19. The summed E-state index contributed by atoms with van der Waals surface area (Å²) in [7, 11) is 0. The number of nitrogens with zero attached hydrogens (tertiary/aromatic N) is 2. The van der Waals surface area contributed by atoms with Crippen LogP contribution in [0.4, 0.5) is 0 Å². The second-order valence-corrected chi connectivity index (χ2v) is 8.71. The van der Waals surface area contributed by atoms with Crippen molar-refractivity contribution in [1.82, 2.24) is 10.3 Å². The van der Waals surface area contributed by atoms with Crippen molar-refractivity contribution in [2.75, 3.05) is 6.54 Å². The fourth-order valence-corrected chi connectivity index (χ4v) is 4.75. The molecule has 0 spiro atoms. The first kappa shape index (κ1) is 21.2. The first-order chi connectivity index (χ1) is 16.1. The normalized spacial score (nSPS) is 16.3. The summed E-state index contributed by atoms with van der Waals surface area (Å²) >= 11 is 0. The molecule has 1 aliphatic carbocycles. The minimum absolute atomic E-state index is 0.0798. The summed E-state index contributed by atoms with van der Waals surface area (Å²) in [6.07, 6.45) is 3.50. The number of rotatable bonds is 4. The summed E-state index contributed by atoms with van der Waals surface area (Å²) in [5.41, 5.74) is 8.59. The van der Waals surface area contributed by atoms with Crippen LogP contribution in [-0.2, 0) is 30.6 Å². The van der Waals surface area contributed by atoms with E-state index >= 15 is 0 Å². The second kappa shape index (κ2) is 9.06. The molecule has 0 bridgehead atoms. The van der Waals surface area contributed by atoms with E-state index in [-0.39, 0.29) is 18.2 Å². The number of amides is 2. The lowest BCUT2D eigenvalue weighted by Crippen LogP contribution is -2.36. The SMILES string of the molecule is Cc1c(C(=O)N2CCc3ccccc3C2)oc2c1/C(=N/NC(=O)Cc1ccccc1)CCC2. The molecule has 2 amide bonds. The zero-order valence-corrected chi connectivity index (χ0v) is 18.8. The van der Waals surface area contributed by atoms with Gasteiger partial charge >= 0.3 is 0 Å². The first-order valence-corrected chi connectivity index (χ1v) is 11.5. The van der Waals surface area contributed by atoms with Crippen molar-refractivity contribution in [2.45, 2.75) is 45.6 Å². The van der Waals surface area contributed by atoms with Crippen LogP contribution in [0.1, 0.15) is 57.0 Å². The lowest BCUT2D eigenvalue weighted by molar-refractivity contribution is -0.120. The number of furan rings is 1. The van der Waals surface area contributed by atoms with Crippen molar-refractivity contribution in [3.63, 3.8) is 0 Å². The molecule has 0 saturated heterocycles. The van der Waals surface area contributed by atoms with Crippen molar-refractivity contribution < 1.29 is 14.0 Å². The summed E-state index contributed by atoms with van der Waals surface area (Å²) in [6.45, 7) is 3.19. The van der Waals surface area contributed by atoms with Gasteiger partial charge in [0.2, 0.25) is 5.91 Å². The Labute approximate surface area is 193 Å². The highest BCUT2D eigenvalue weighted by molar-refractivity contribution is 6.06. The van der Waals surface area contributed by atoms with Crippen molar-refractivity contribution in [3.8, 4) is 0 Å². The molecule has 2 aromatic carbocycles. The highest BCUT2D eigenvalue weighted by Crippen LogP contribution is 2.31. The van der Waals surface area contributed by atoms with Gasteiger partial charge in [-0.1, -0.05) is 54.6 Å². The number of nitrogens with one attached hydrogen (secondary N) is 1. The van der Waals surface area contributed by atoms with Gasteiger partial charge in [0.15, 0.2) is 5.76 Å². The Balaban J connectivity index is 1.34. The van der Waals surface area contributed by atoms with E-state index in [0.717, 1.165) is 53.8 Å². The van der Waals surface area contributed by atoms with Gasteiger partial charge in [-0.2, -0.15) is 5.10 Å². The first-order valence-electron chi connectivity index (χ1n) is 11.5. The number of carbonyl (C=O) groups excluding carboxylic acids is 2. The number of hydrogen-bond donors (Lipinski definition) is 1.